The molecular weight excluding hydrogens is 346 g/mol. The van der Waals surface area contributed by atoms with Crippen LogP contribution in [0.15, 0.2) is 42.7 Å². The number of primary amides is 1. The minimum Gasteiger partial charge on any atom is -0.368 e. The number of carbonyl (C=O) groups excluding carboxylic acids is 3. The van der Waals surface area contributed by atoms with E-state index in [1.165, 1.54) is 4.90 Å². The lowest BCUT2D eigenvalue weighted by molar-refractivity contribution is -0.131. The Morgan fingerprint density at radius 2 is 2.04 bits per heavy atom. The minimum atomic E-state index is -0.784. The molecule has 2 aliphatic rings. The minimum absolute atomic E-state index is 0.000933. The Hall–Kier alpha value is -3.16. The number of para-hydroxylation sites is 1. The third-order valence-corrected chi connectivity index (χ3v) is 5.41. The molecular formula is C19H21N5O3. The second kappa shape index (κ2) is 6.53. The first kappa shape index (κ1) is 17.3. The maximum atomic E-state index is 13.2. The quantitative estimate of drug-likeness (QED) is 0.820. The van der Waals surface area contributed by atoms with Crippen LogP contribution in [0.1, 0.15) is 18.4 Å². The van der Waals surface area contributed by atoms with Gasteiger partial charge in [0.1, 0.15) is 6.54 Å². The standard InChI is InChI=1S/C19H21N5O3/c20-16(25)12-24-15-5-2-1-4-14(15)19(18(24)27)7-11-22(13-19)17(26)6-10-23-9-3-8-21-23/h1-5,8-9H,6-7,10-13H2,(H2,20,25). The van der Waals surface area contributed by atoms with Crippen LogP contribution in [0.4, 0.5) is 5.69 Å². The second-order valence-corrected chi connectivity index (χ2v) is 7.04. The van der Waals surface area contributed by atoms with Crippen LogP contribution in [0.25, 0.3) is 0 Å². The number of carbonyl (C=O) groups is 3. The van der Waals surface area contributed by atoms with Gasteiger partial charge in [0.15, 0.2) is 0 Å². The average molecular weight is 367 g/mol. The molecule has 1 aromatic heterocycles. The van der Waals surface area contributed by atoms with E-state index in [0.717, 1.165) is 5.56 Å². The summed E-state index contributed by atoms with van der Waals surface area (Å²) in [6.45, 7) is 1.21. The molecule has 140 valence electrons. The Labute approximate surface area is 156 Å². The van der Waals surface area contributed by atoms with Gasteiger partial charge in [0.05, 0.1) is 5.41 Å². The second-order valence-electron chi connectivity index (χ2n) is 7.04. The van der Waals surface area contributed by atoms with E-state index in [1.54, 1.807) is 15.8 Å². The van der Waals surface area contributed by atoms with Crippen molar-refractivity contribution >= 4 is 23.4 Å². The molecule has 1 atom stereocenters. The number of nitrogens with two attached hydrogens (primary N) is 1. The van der Waals surface area contributed by atoms with Crippen LogP contribution in [0.2, 0.25) is 0 Å². The molecule has 1 saturated heterocycles. The number of hydrogen-bond acceptors (Lipinski definition) is 4. The Kier molecular flexibility index (Phi) is 4.18. The molecule has 3 amide bonds. The number of nitrogens with zero attached hydrogens (tertiary/aromatic N) is 4. The van der Waals surface area contributed by atoms with Crippen molar-refractivity contribution in [2.24, 2.45) is 5.73 Å². The van der Waals surface area contributed by atoms with Crippen LogP contribution < -0.4 is 10.6 Å². The number of benzene rings is 1. The third kappa shape index (κ3) is 2.87. The lowest BCUT2D eigenvalue weighted by Crippen LogP contribution is -2.45. The zero-order chi connectivity index (χ0) is 19.0. The number of likely N-dealkylation sites (tertiary alicyclic amines) is 1. The van der Waals surface area contributed by atoms with E-state index in [9.17, 15) is 14.4 Å². The normalized spacial score (nSPS) is 21.1. The number of aromatic nitrogens is 2. The zero-order valence-electron chi connectivity index (χ0n) is 14.9. The van der Waals surface area contributed by atoms with Crippen molar-refractivity contribution in [2.45, 2.75) is 24.8 Å². The third-order valence-electron chi connectivity index (χ3n) is 5.41. The first-order valence-corrected chi connectivity index (χ1v) is 8.96. The molecule has 1 spiro atoms. The van der Waals surface area contributed by atoms with E-state index >= 15 is 0 Å². The first-order valence-electron chi connectivity index (χ1n) is 8.96. The number of rotatable bonds is 5. The van der Waals surface area contributed by atoms with Gasteiger partial charge in [0.25, 0.3) is 0 Å². The fourth-order valence-electron chi connectivity index (χ4n) is 4.13. The van der Waals surface area contributed by atoms with E-state index in [2.05, 4.69) is 5.10 Å². The monoisotopic (exact) mass is 367 g/mol. The van der Waals surface area contributed by atoms with E-state index in [0.29, 0.717) is 38.2 Å². The molecule has 8 nitrogen and oxygen atoms in total. The number of aryl methyl sites for hydroxylation is 1. The summed E-state index contributed by atoms with van der Waals surface area (Å²) in [5.74, 6) is -0.703. The molecule has 1 fully saturated rings. The number of anilines is 1. The molecule has 0 bridgehead atoms. The Bertz CT molecular complexity index is 895. The molecule has 2 aromatic rings. The Morgan fingerprint density at radius 1 is 1.22 bits per heavy atom. The predicted molar refractivity (Wildman–Crippen MR) is 97.7 cm³/mol. The fourth-order valence-corrected chi connectivity index (χ4v) is 4.13. The van der Waals surface area contributed by atoms with Crippen molar-refractivity contribution in [3.63, 3.8) is 0 Å². The van der Waals surface area contributed by atoms with Crippen LogP contribution in [-0.2, 0) is 26.3 Å². The SMILES string of the molecule is NC(=O)CN1C(=O)C2(CCN(C(=O)CCn3cccn3)C2)c2ccccc21. The van der Waals surface area contributed by atoms with Gasteiger partial charge in [-0.15, -0.1) is 0 Å². The van der Waals surface area contributed by atoms with Gasteiger partial charge < -0.3 is 15.5 Å². The number of amides is 3. The summed E-state index contributed by atoms with van der Waals surface area (Å²) in [5, 5.41) is 4.11. The maximum Gasteiger partial charge on any atom is 0.240 e. The van der Waals surface area contributed by atoms with Crippen LogP contribution in [0, 0.1) is 0 Å². The topological polar surface area (TPSA) is 102 Å². The summed E-state index contributed by atoms with van der Waals surface area (Å²) in [5.41, 5.74) is 6.14. The summed E-state index contributed by atoms with van der Waals surface area (Å²) in [6.07, 6.45) is 4.37. The number of fused-ring (bicyclic) bond motifs is 2. The Morgan fingerprint density at radius 3 is 2.78 bits per heavy atom. The molecule has 1 unspecified atom stereocenters. The van der Waals surface area contributed by atoms with Gasteiger partial charge in [-0.25, -0.2) is 0 Å². The highest BCUT2D eigenvalue weighted by Crippen LogP contribution is 2.47. The number of hydrogen-bond donors (Lipinski definition) is 1. The first-order chi connectivity index (χ1) is 13.0. The van der Waals surface area contributed by atoms with Crippen molar-refractivity contribution in [3.8, 4) is 0 Å². The summed E-state index contributed by atoms with van der Waals surface area (Å²) >= 11 is 0. The zero-order valence-corrected chi connectivity index (χ0v) is 14.9. The largest absolute Gasteiger partial charge is 0.368 e. The van der Waals surface area contributed by atoms with Crippen LogP contribution in [0.3, 0.4) is 0 Å². The van der Waals surface area contributed by atoms with Crippen LogP contribution >= 0.6 is 0 Å². The molecule has 2 aliphatic heterocycles. The molecule has 0 saturated carbocycles. The Balaban J connectivity index is 1.54. The van der Waals surface area contributed by atoms with Crippen molar-refractivity contribution in [1.29, 1.82) is 0 Å². The van der Waals surface area contributed by atoms with Gasteiger partial charge in [-0.1, -0.05) is 18.2 Å². The fraction of sp³-hybridized carbons (Fsp3) is 0.368. The smallest absolute Gasteiger partial charge is 0.240 e. The molecule has 3 heterocycles. The van der Waals surface area contributed by atoms with Crippen molar-refractivity contribution in [2.75, 3.05) is 24.5 Å². The van der Waals surface area contributed by atoms with Crippen LogP contribution in [-0.4, -0.2) is 52.0 Å². The van der Waals surface area contributed by atoms with E-state index in [-0.39, 0.29) is 18.4 Å². The molecule has 4 rings (SSSR count). The molecule has 0 aliphatic carbocycles. The summed E-state index contributed by atoms with van der Waals surface area (Å²) < 4.78 is 1.72. The lowest BCUT2D eigenvalue weighted by Gasteiger charge is -2.24. The van der Waals surface area contributed by atoms with Gasteiger partial charge in [-0.3, -0.25) is 19.1 Å². The van der Waals surface area contributed by atoms with Gasteiger partial charge in [0, 0.05) is 44.1 Å². The molecule has 0 radical (unpaired) electrons. The van der Waals surface area contributed by atoms with Crippen molar-refractivity contribution < 1.29 is 14.4 Å². The molecule has 2 N–H and O–H groups in total. The van der Waals surface area contributed by atoms with Gasteiger partial charge in [0.2, 0.25) is 17.7 Å². The van der Waals surface area contributed by atoms with Gasteiger partial charge in [-0.05, 0) is 24.1 Å². The molecule has 8 heteroatoms. The molecule has 27 heavy (non-hydrogen) atoms. The van der Waals surface area contributed by atoms with Crippen LogP contribution in [0.5, 0.6) is 0 Å². The van der Waals surface area contributed by atoms with Crippen molar-refractivity contribution in [3.05, 3.63) is 48.3 Å². The van der Waals surface area contributed by atoms with E-state index in [1.807, 2.05) is 36.5 Å². The van der Waals surface area contributed by atoms with Crippen molar-refractivity contribution in [1.82, 2.24) is 14.7 Å². The summed E-state index contributed by atoms with van der Waals surface area (Å²) in [6, 6.07) is 9.26. The van der Waals surface area contributed by atoms with E-state index in [4.69, 9.17) is 5.73 Å². The molecule has 1 aromatic carbocycles. The van der Waals surface area contributed by atoms with Gasteiger partial charge in [-0.2, -0.15) is 5.10 Å². The van der Waals surface area contributed by atoms with Gasteiger partial charge >= 0.3 is 0 Å². The highest BCUT2D eigenvalue weighted by atomic mass is 16.2. The lowest BCUT2D eigenvalue weighted by atomic mass is 9.81. The highest BCUT2D eigenvalue weighted by Gasteiger charge is 2.55. The summed E-state index contributed by atoms with van der Waals surface area (Å²) in [7, 11) is 0. The summed E-state index contributed by atoms with van der Waals surface area (Å²) in [4.78, 5) is 40.5. The van der Waals surface area contributed by atoms with E-state index < -0.39 is 11.3 Å². The highest BCUT2D eigenvalue weighted by molar-refractivity contribution is 6.11. The predicted octanol–water partition coefficient (Wildman–Crippen LogP) is 0.275. The average Bonchev–Trinajstić information content (AvgIpc) is 3.37. The maximum absolute atomic E-state index is 13.2.